The molecule has 0 bridgehead atoms. The number of allylic oxidation sites excluding steroid dienone is 5. The average molecular weight is 309 g/mol. The van der Waals surface area contributed by atoms with Gasteiger partial charge < -0.3 is 9.57 Å². The van der Waals surface area contributed by atoms with E-state index in [4.69, 9.17) is 0 Å². The Morgan fingerprint density at radius 3 is 2.05 bits per heavy atom. The highest BCUT2D eigenvalue weighted by Gasteiger charge is 2.00. The number of hydrogen-bond donors (Lipinski definition) is 3. The second-order valence-corrected chi connectivity index (χ2v) is 5.27. The lowest BCUT2D eigenvalue weighted by molar-refractivity contribution is -0.381. The Balaban J connectivity index is 5.42. The molecule has 4 heteroatoms. The molecule has 0 spiro atoms. The van der Waals surface area contributed by atoms with Crippen molar-refractivity contribution < 1.29 is 9.57 Å². The predicted molar refractivity (Wildman–Crippen MR) is 96.0 cm³/mol. The molecule has 0 saturated carbocycles. The lowest BCUT2D eigenvalue weighted by Gasteiger charge is -2.07. The summed E-state index contributed by atoms with van der Waals surface area (Å²) in [6.07, 6.45) is 9.48. The fourth-order valence-electron chi connectivity index (χ4n) is 1.42. The van der Waals surface area contributed by atoms with Crippen LogP contribution >= 0.6 is 25.3 Å². The zero-order valence-corrected chi connectivity index (χ0v) is 14.4. The molecule has 1 N–H and O–H groups in total. The van der Waals surface area contributed by atoms with Crippen LogP contribution in [-0.4, -0.2) is 17.0 Å². The molecule has 0 radical (unpaired) electrons. The van der Waals surface area contributed by atoms with Gasteiger partial charge >= 0.3 is 0 Å². The Hall–Kier alpha value is -1.26. The minimum Gasteiger partial charge on any atom is -0.381 e. The van der Waals surface area contributed by atoms with Crippen LogP contribution in [0, 0.1) is 14.1 Å². The summed E-state index contributed by atoms with van der Waals surface area (Å²) in [5.74, 6) is 0. The quantitative estimate of drug-likeness (QED) is 0.228. The smallest absolute Gasteiger partial charge is 0.0816 e. The monoisotopic (exact) mass is 308 g/mol. The normalized spacial score (nSPS) is 14.9. The highest BCUT2D eigenvalue weighted by Crippen LogP contribution is 2.17. The van der Waals surface area contributed by atoms with Crippen LogP contribution in [0.1, 0.15) is 27.7 Å². The van der Waals surface area contributed by atoms with Crippen molar-refractivity contribution in [2.75, 3.05) is 0 Å². The Morgan fingerprint density at radius 1 is 1.10 bits per heavy atom. The summed E-state index contributed by atoms with van der Waals surface area (Å²) >= 11 is 8.97. The van der Waals surface area contributed by atoms with Gasteiger partial charge in [0, 0.05) is 23.1 Å². The third kappa shape index (κ3) is 6.26. The summed E-state index contributed by atoms with van der Waals surface area (Å²) in [6, 6.07) is 0. The summed E-state index contributed by atoms with van der Waals surface area (Å²) in [7, 11) is 7.53. The lowest BCUT2D eigenvalue weighted by Crippen LogP contribution is -2.60. The van der Waals surface area contributed by atoms with Crippen molar-refractivity contribution in [1.82, 2.24) is 0 Å². The fourth-order valence-corrected chi connectivity index (χ4v) is 1.95. The van der Waals surface area contributed by atoms with Crippen LogP contribution < -0.4 is 4.99 Å². The zero-order chi connectivity index (χ0) is 15.7. The molecule has 0 amide bonds. The molecule has 0 aliphatic rings. The zero-order valence-electron chi connectivity index (χ0n) is 12.6. The van der Waals surface area contributed by atoms with Crippen LogP contribution in [-0.2, 0) is 0 Å². The molecule has 0 saturated heterocycles. The van der Waals surface area contributed by atoms with Gasteiger partial charge in [0.05, 0.1) is 12.4 Å². The van der Waals surface area contributed by atoms with E-state index in [-0.39, 0.29) is 0 Å². The van der Waals surface area contributed by atoms with E-state index >= 15 is 0 Å². The van der Waals surface area contributed by atoms with E-state index in [2.05, 4.69) is 44.3 Å². The Labute approximate surface area is 134 Å². The van der Waals surface area contributed by atoms with Gasteiger partial charge in [-0.25, -0.2) is 0 Å². The van der Waals surface area contributed by atoms with E-state index < -0.39 is 0 Å². The molecule has 0 aromatic rings. The second-order valence-electron chi connectivity index (χ2n) is 4.34. The van der Waals surface area contributed by atoms with Gasteiger partial charge in [-0.1, -0.05) is 17.7 Å². The first-order chi connectivity index (χ1) is 9.37. The van der Waals surface area contributed by atoms with Crippen molar-refractivity contribution in [3.63, 3.8) is 0 Å². The third-order valence-electron chi connectivity index (χ3n) is 2.52. The first-order valence-corrected chi connectivity index (χ1v) is 7.16. The minimum atomic E-state index is 0.795. The molecular weight excluding hydrogens is 284 g/mol. The van der Waals surface area contributed by atoms with Gasteiger partial charge in [0.25, 0.3) is 0 Å². The van der Waals surface area contributed by atoms with E-state index in [0.29, 0.717) is 0 Å². The van der Waals surface area contributed by atoms with E-state index in [9.17, 15) is 0 Å². The summed E-state index contributed by atoms with van der Waals surface area (Å²) in [5, 5.41) is 0. The minimum absolute atomic E-state index is 0.795. The molecule has 20 heavy (non-hydrogen) atoms. The van der Waals surface area contributed by atoms with Gasteiger partial charge in [-0.2, -0.15) is 12.6 Å². The molecule has 110 valence electrons. The van der Waals surface area contributed by atoms with Crippen molar-refractivity contribution >= 4 is 37.7 Å². The summed E-state index contributed by atoms with van der Waals surface area (Å²) in [4.78, 5) is 4.49. The third-order valence-corrected chi connectivity index (χ3v) is 3.59. The Morgan fingerprint density at radius 2 is 1.65 bits per heavy atom. The van der Waals surface area contributed by atoms with Gasteiger partial charge in [0.15, 0.2) is 0 Å². The van der Waals surface area contributed by atoms with E-state index in [1.807, 2.05) is 52.3 Å². The molecule has 0 aliphatic heterocycles. The molecule has 2 nitrogen and oxygen atoms in total. The SMILES string of the molecule is [CH2-]\[NH+]=C/C(=C/C)C(/S)=C\[N+]([CH2-])=C/C(=C/C)C(S)=C(C)C. The van der Waals surface area contributed by atoms with Crippen LogP contribution in [0.4, 0.5) is 0 Å². The van der Waals surface area contributed by atoms with Crippen molar-refractivity contribution in [2.24, 2.45) is 0 Å². The predicted octanol–water partition coefficient (Wildman–Crippen LogP) is 2.69. The van der Waals surface area contributed by atoms with Gasteiger partial charge in [0.1, 0.15) is 0 Å². The maximum atomic E-state index is 4.51. The van der Waals surface area contributed by atoms with E-state index in [1.165, 1.54) is 0 Å². The Kier molecular flexibility index (Phi) is 9.01. The first kappa shape index (κ1) is 18.7. The second kappa shape index (κ2) is 9.61. The number of nitrogens with one attached hydrogen (secondary N) is 1. The average Bonchev–Trinajstić information content (AvgIpc) is 2.40. The van der Waals surface area contributed by atoms with Gasteiger partial charge in [-0.05, 0) is 45.9 Å². The first-order valence-electron chi connectivity index (χ1n) is 6.27. The highest BCUT2D eigenvalue weighted by atomic mass is 32.1. The van der Waals surface area contributed by atoms with Crippen molar-refractivity contribution in [3.8, 4) is 0 Å². The van der Waals surface area contributed by atoms with Gasteiger partial charge in [0.2, 0.25) is 0 Å². The Bertz CT molecular complexity index is 515. The van der Waals surface area contributed by atoms with E-state index in [0.717, 1.165) is 26.5 Å². The molecule has 0 rings (SSSR count). The molecule has 0 atom stereocenters. The van der Waals surface area contributed by atoms with Crippen LogP contribution in [0.2, 0.25) is 0 Å². The molecule has 0 aromatic heterocycles. The van der Waals surface area contributed by atoms with Crippen LogP contribution in [0.25, 0.3) is 0 Å². The molecule has 0 unspecified atom stereocenters. The summed E-state index contributed by atoms with van der Waals surface area (Å²) < 4.78 is 1.72. The topological polar surface area (TPSA) is 17.0 Å². The number of nitrogens with zero attached hydrogens (tertiary/aromatic N) is 1. The van der Waals surface area contributed by atoms with Crippen molar-refractivity contribution in [2.45, 2.75) is 27.7 Å². The molecule has 0 heterocycles. The maximum absolute atomic E-state index is 4.51. The van der Waals surface area contributed by atoms with Crippen molar-refractivity contribution in [3.05, 3.63) is 59.0 Å². The highest BCUT2D eigenvalue weighted by molar-refractivity contribution is 7.85. The van der Waals surface area contributed by atoms with Crippen molar-refractivity contribution in [1.29, 1.82) is 0 Å². The molecule has 0 aromatic carbocycles. The van der Waals surface area contributed by atoms with Crippen LogP contribution in [0.15, 0.2) is 44.9 Å². The number of thiol groups is 2. The standard InChI is InChI=1S/C16H24N2S2/c1-7-13(9-17-5)15(19)11-18(6)10-14(8-2)16(20)12(3)4/h7-11,17,19-20H,5-6H2,1-4H3/b13-7-,14-8-,15-11+,17-9-. The summed E-state index contributed by atoms with van der Waals surface area (Å²) in [6.45, 7) is 7.97. The fraction of sp³-hybridized carbons (Fsp3) is 0.250. The van der Waals surface area contributed by atoms with Gasteiger partial charge in [-0.15, -0.1) is 12.6 Å². The van der Waals surface area contributed by atoms with Crippen LogP contribution in [0.3, 0.4) is 0 Å². The lowest BCUT2D eigenvalue weighted by atomic mass is 10.2. The van der Waals surface area contributed by atoms with Gasteiger partial charge in [-0.3, -0.25) is 0 Å². The molecular formula is C16H24N2S2. The van der Waals surface area contributed by atoms with Crippen LogP contribution in [0.5, 0.6) is 0 Å². The maximum Gasteiger partial charge on any atom is 0.0816 e. The number of hydrogen-bond acceptors (Lipinski definition) is 2. The largest absolute Gasteiger partial charge is 0.381 e. The van der Waals surface area contributed by atoms with E-state index in [1.54, 1.807) is 10.8 Å². The molecule has 0 aliphatic carbocycles. The molecule has 0 fully saturated rings. The number of rotatable bonds is 5. The summed E-state index contributed by atoms with van der Waals surface area (Å²) in [5.41, 5.74) is 3.12.